The first-order valence-corrected chi connectivity index (χ1v) is 5.94. The lowest BCUT2D eigenvalue weighted by Crippen LogP contribution is -2.22. The highest BCUT2D eigenvalue weighted by atomic mass is 16.3. The van der Waals surface area contributed by atoms with E-state index in [9.17, 15) is 9.90 Å². The van der Waals surface area contributed by atoms with E-state index < -0.39 is 0 Å². The highest BCUT2D eigenvalue weighted by molar-refractivity contribution is 6.00. The number of anilines is 2. The van der Waals surface area contributed by atoms with E-state index in [1.807, 2.05) is 18.2 Å². The van der Waals surface area contributed by atoms with Crippen molar-refractivity contribution in [3.8, 4) is 5.75 Å². The second-order valence-corrected chi connectivity index (χ2v) is 4.42. The number of aromatic hydroxyl groups is 1. The molecule has 0 spiro atoms. The third-order valence-electron chi connectivity index (χ3n) is 2.71. The van der Waals surface area contributed by atoms with Crippen molar-refractivity contribution in [3.05, 3.63) is 54.1 Å². The molecule has 0 aliphatic rings. The molecule has 1 amide bonds. The fraction of sp³-hybridized carbons (Fsp3) is 0.133. The van der Waals surface area contributed by atoms with Gasteiger partial charge in [0.25, 0.3) is 5.91 Å². The van der Waals surface area contributed by atoms with E-state index in [2.05, 4.69) is 5.32 Å². The van der Waals surface area contributed by atoms with Crippen LogP contribution in [0.25, 0.3) is 0 Å². The Labute approximate surface area is 112 Å². The highest BCUT2D eigenvalue weighted by Gasteiger charge is 2.12. The van der Waals surface area contributed by atoms with Crippen LogP contribution in [-0.4, -0.2) is 30.0 Å². The van der Waals surface area contributed by atoms with Gasteiger partial charge in [0.1, 0.15) is 5.75 Å². The summed E-state index contributed by atoms with van der Waals surface area (Å²) < 4.78 is 0. The van der Waals surface area contributed by atoms with Gasteiger partial charge >= 0.3 is 0 Å². The molecule has 0 radical (unpaired) electrons. The summed E-state index contributed by atoms with van der Waals surface area (Å²) in [6.07, 6.45) is 0. The van der Waals surface area contributed by atoms with Gasteiger partial charge in [0.15, 0.2) is 0 Å². The number of para-hydroxylation sites is 1. The SMILES string of the molecule is CN(C)C(=O)c1ccccc1Nc1ccc(O)cc1. The molecule has 0 bridgehead atoms. The van der Waals surface area contributed by atoms with Gasteiger partial charge in [-0.15, -0.1) is 0 Å². The van der Waals surface area contributed by atoms with Crippen LogP contribution in [0.1, 0.15) is 10.4 Å². The van der Waals surface area contributed by atoms with Gasteiger partial charge in [0.05, 0.1) is 11.3 Å². The Kier molecular flexibility index (Phi) is 3.71. The van der Waals surface area contributed by atoms with Crippen LogP contribution in [0.2, 0.25) is 0 Å². The van der Waals surface area contributed by atoms with Gasteiger partial charge < -0.3 is 15.3 Å². The normalized spacial score (nSPS) is 10.0. The molecular weight excluding hydrogens is 240 g/mol. The third-order valence-corrected chi connectivity index (χ3v) is 2.71. The number of phenolic OH excluding ortho intramolecular Hbond substituents is 1. The summed E-state index contributed by atoms with van der Waals surface area (Å²) in [5.74, 6) is 0.157. The summed E-state index contributed by atoms with van der Waals surface area (Å²) in [5, 5.41) is 12.4. The van der Waals surface area contributed by atoms with Crippen LogP contribution in [-0.2, 0) is 0 Å². The standard InChI is InChI=1S/C15H16N2O2/c1-17(2)15(19)13-5-3-4-6-14(13)16-11-7-9-12(18)10-8-11/h3-10,16,18H,1-2H3. The molecule has 0 atom stereocenters. The molecule has 19 heavy (non-hydrogen) atoms. The maximum Gasteiger partial charge on any atom is 0.255 e. The average Bonchev–Trinajstić information content (AvgIpc) is 2.41. The molecule has 2 aromatic rings. The van der Waals surface area contributed by atoms with Crippen LogP contribution in [0, 0.1) is 0 Å². The highest BCUT2D eigenvalue weighted by Crippen LogP contribution is 2.23. The maximum absolute atomic E-state index is 12.1. The number of benzene rings is 2. The second-order valence-electron chi connectivity index (χ2n) is 4.42. The molecule has 2 N–H and O–H groups in total. The van der Waals surface area contributed by atoms with Gasteiger partial charge in [0, 0.05) is 19.8 Å². The number of phenols is 1. The van der Waals surface area contributed by atoms with Gasteiger partial charge in [-0.25, -0.2) is 0 Å². The average molecular weight is 256 g/mol. The van der Waals surface area contributed by atoms with Crippen molar-refractivity contribution in [1.82, 2.24) is 4.90 Å². The largest absolute Gasteiger partial charge is 0.508 e. The van der Waals surface area contributed by atoms with E-state index in [-0.39, 0.29) is 11.7 Å². The molecule has 0 aliphatic carbocycles. The second kappa shape index (κ2) is 5.44. The number of carbonyl (C=O) groups excluding carboxylic acids is 1. The smallest absolute Gasteiger partial charge is 0.255 e. The van der Waals surface area contributed by atoms with Crippen LogP contribution in [0.4, 0.5) is 11.4 Å². The van der Waals surface area contributed by atoms with Crippen molar-refractivity contribution >= 4 is 17.3 Å². The lowest BCUT2D eigenvalue weighted by molar-refractivity contribution is 0.0828. The molecule has 4 nitrogen and oxygen atoms in total. The molecule has 2 aromatic carbocycles. The summed E-state index contributed by atoms with van der Waals surface area (Å²) in [5.41, 5.74) is 2.17. The van der Waals surface area contributed by atoms with Crippen LogP contribution < -0.4 is 5.32 Å². The zero-order chi connectivity index (χ0) is 13.8. The number of rotatable bonds is 3. The molecule has 0 aliphatic heterocycles. The minimum atomic E-state index is -0.0538. The lowest BCUT2D eigenvalue weighted by Gasteiger charge is -2.15. The molecule has 0 heterocycles. The number of amides is 1. The minimum Gasteiger partial charge on any atom is -0.508 e. The predicted octanol–water partition coefficient (Wildman–Crippen LogP) is 2.84. The summed E-state index contributed by atoms with van der Waals surface area (Å²) >= 11 is 0. The number of hydrogen-bond acceptors (Lipinski definition) is 3. The maximum atomic E-state index is 12.1. The van der Waals surface area contributed by atoms with E-state index in [0.717, 1.165) is 11.4 Å². The van der Waals surface area contributed by atoms with Crippen molar-refractivity contribution in [3.63, 3.8) is 0 Å². The van der Waals surface area contributed by atoms with Crippen molar-refractivity contribution in [2.24, 2.45) is 0 Å². The van der Waals surface area contributed by atoms with Crippen LogP contribution in [0.5, 0.6) is 5.75 Å². The predicted molar refractivity (Wildman–Crippen MR) is 75.8 cm³/mol. The summed E-state index contributed by atoms with van der Waals surface area (Å²) in [4.78, 5) is 13.6. The molecule has 0 unspecified atom stereocenters. The Balaban J connectivity index is 2.30. The Morgan fingerprint density at radius 1 is 1.05 bits per heavy atom. The lowest BCUT2D eigenvalue weighted by atomic mass is 10.1. The number of hydrogen-bond donors (Lipinski definition) is 2. The number of nitrogens with zero attached hydrogens (tertiary/aromatic N) is 1. The minimum absolute atomic E-state index is 0.0538. The zero-order valence-corrected chi connectivity index (χ0v) is 10.9. The van der Waals surface area contributed by atoms with Crippen LogP contribution in [0.3, 0.4) is 0 Å². The third kappa shape index (κ3) is 3.04. The quantitative estimate of drug-likeness (QED) is 0.830. The Morgan fingerprint density at radius 3 is 2.32 bits per heavy atom. The number of nitrogens with one attached hydrogen (secondary N) is 1. The van der Waals surface area contributed by atoms with Crippen molar-refractivity contribution in [2.45, 2.75) is 0 Å². The van der Waals surface area contributed by atoms with Gasteiger partial charge in [-0.05, 0) is 36.4 Å². The molecule has 0 saturated heterocycles. The molecular formula is C15H16N2O2. The number of carbonyl (C=O) groups is 1. The van der Waals surface area contributed by atoms with E-state index >= 15 is 0 Å². The van der Waals surface area contributed by atoms with E-state index in [1.165, 1.54) is 4.90 Å². The van der Waals surface area contributed by atoms with Gasteiger partial charge in [0.2, 0.25) is 0 Å². The topological polar surface area (TPSA) is 52.6 Å². The van der Waals surface area contributed by atoms with Gasteiger partial charge in [-0.2, -0.15) is 0 Å². The van der Waals surface area contributed by atoms with Crippen LogP contribution >= 0.6 is 0 Å². The van der Waals surface area contributed by atoms with E-state index in [1.54, 1.807) is 44.4 Å². The fourth-order valence-electron chi connectivity index (χ4n) is 1.72. The fourth-order valence-corrected chi connectivity index (χ4v) is 1.72. The molecule has 98 valence electrons. The van der Waals surface area contributed by atoms with Gasteiger partial charge in [-0.3, -0.25) is 4.79 Å². The Hall–Kier alpha value is -2.49. The first-order chi connectivity index (χ1) is 9.08. The molecule has 0 aromatic heterocycles. The van der Waals surface area contributed by atoms with Crippen molar-refractivity contribution in [2.75, 3.05) is 19.4 Å². The zero-order valence-electron chi connectivity index (χ0n) is 10.9. The van der Waals surface area contributed by atoms with Crippen molar-refractivity contribution in [1.29, 1.82) is 0 Å². The molecule has 0 fully saturated rings. The van der Waals surface area contributed by atoms with Gasteiger partial charge in [-0.1, -0.05) is 12.1 Å². The Morgan fingerprint density at radius 2 is 1.68 bits per heavy atom. The van der Waals surface area contributed by atoms with E-state index in [0.29, 0.717) is 5.56 Å². The van der Waals surface area contributed by atoms with Crippen molar-refractivity contribution < 1.29 is 9.90 Å². The molecule has 2 rings (SSSR count). The summed E-state index contributed by atoms with van der Waals surface area (Å²) in [6.45, 7) is 0. The van der Waals surface area contributed by atoms with Crippen LogP contribution in [0.15, 0.2) is 48.5 Å². The summed E-state index contributed by atoms with van der Waals surface area (Å²) in [6, 6.07) is 14.0. The molecule has 0 saturated carbocycles. The first-order valence-electron chi connectivity index (χ1n) is 5.94. The first kappa shape index (κ1) is 13.0. The van der Waals surface area contributed by atoms with E-state index in [4.69, 9.17) is 0 Å². The Bertz CT molecular complexity index is 577. The molecule has 4 heteroatoms. The summed E-state index contributed by atoms with van der Waals surface area (Å²) in [7, 11) is 3.44. The monoisotopic (exact) mass is 256 g/mol.